The van der Waals surface area contributed by atoms with Gasteiger partial charge in [-0.25, -0.2) is 4.98 Å². The molecule has 0 fully saturated rings. The van der Waals surface area contributed by atoms with Gasteiger partial charge in [0.15, 0.2) is 0 Å². The van der Waals surface area contributed by atoms with Gasteiger partial charge >= 0.3 is 0 Å². The van der Waals surface area contributed by atoms with E-state index in [0.717, 1.165) is 36.6 Å². The summed E-state index contributed by atoms with van der Waals surface area (Å²) in [6.07, 6.45) is 4.63. The van der Waals surface area contributed by atoms with Crippen LogP contribution in [0.4, 0.5) is 0 Å². The predicted octanol–water partition coefficient (Wildman–Crippen LogP) is 4.89. The van der Waals surface area contributed by atoms with Gasteiger partial charge in [-0.15, -0.1) is 22.7 Å². The third kappa shape index (κ3) is 7.03. The molecule has 29 heavy (non-hydrogen) atoms. The lowest BCUT2D eigenvalue weighted by molar-refractivity contribution is 0.0946. The number of thiophene rings is 1. The largest absolute Gasteiger partial charge is 0.347 e. The van der Waals surface area contributed by atoms with Gasteiger partial charge in [-0.2, -0.15) is 0 Å². The van der Waals surface area contributed by atoms with Crippen molar-refractivity contribution in [1.82, 2.24) is 20.2 Å². The van der Waals surface area contributed by atoms with Crippen molar-refractivity contribution in [3.05, 3.63) is 68.1 Å². The lowest BCUT2D eigenvalue weighted by Gasteiger charge is -2.21. The highest BCUT2D eigenvalue weighted by Crippen LogP contribution is 2.20. The number of hydrogen-bond donors (Lipinski definition) is 1. The second-order valence-electron chi connectivity index (χ2n) is 7.58. The molecule has 0 unspecified atom stereocenters. The third-order valence-corrected chi connectivity index (χ3v) is 6.34. The Morgan fingerprint density at radius 2 is 2.10 bits per heavy atom. The average molecular weight is 429 g/mol. The fourth-order valence-electron chi connectivity index (χ4n) is 2.90. The highest BCUT2D eigenvalue weighted by Gasteiger charge is 2.15. The number of nitrogens with one attached hydrogen (secondary N) is 1. The van der Waals surface area contributed by atoms with Crippen molar-refractivity contribution in [3.8, 4) is 0 Å². The molecule has 3 heterocycles. The SMILES string of the molecule is Cc1ccc(CN(CCC(C)C)Cc2nc(C(=O)NCc3cccnc3)cs2)s1. The first-order valence-corrected chi connectivity index (χ1v) is 11.6. The van der Waals surface area contributed by atoms with E-state index in [1.54, 1.807) is 23.7 Å². The summed E-state index contributed by atoms with van der Waals surface area (Å²) in [5.41, 5.74) is 1.46. The summed E-state index contributed by atoms with van der Waals surface area (Å²) in [4.78, 5) is 26.2. The van der Waals surface area contributed by atoms with E-state index in [1.807, 2.05) is 28.8 Å². The van der Waals surface area contributed by atoms with Crippen molar-refractivity contribution in [3.63, 3.8) is 0 Å². The van der Waals surface area contributed by atoms with Gasteiger partial charge < -0.3 is 5.32 Å². The first-order valence-electron chi connectivity index (χ1n) is 9.89. The van der Waals surface area contributed by atoms with Crippen LogP contribution in [-0.4, -0.2) is 27.3 Å². The summed E-state index contributed by atoms with van der Waals surface area (Å²) < 4.78 is 0. The molecule has 154 valence electrons. The van der Waals surface area contributed by atoms with Crippen LogP contribution >= 0.6 is 22.7 Å². The van der Waals surface area contributed by atoms with E-state index in [1.165, 1.54) is 9.75 Å². The maximum absolute atomic E-state index is 12.4. The Bertz CT molecular complexity index is 904. The molecular formula is C22H28N4OS2. The number of rotatable bonds is 10. The lowest BCUT2D eigenvalue weighted by atomic mass is 10.1. The van der Waals surface area contributed by atoms with Crippen LogP contribution in [0.2, 0.25) is 0 Å². The Labute approximate surface area is 180 Å². The summed E-state index contributed by atoms with van der Waals surface area (Å²) in [5, 5.41) is 5.75. The second-order valence-corrected chi connectivity index (χ2v) is 9.89. The van der Waals surface area contributed by atoms with Crippen LogP contribution < -0.4 is 5.32 Å². The molecule has 0 aliphatic heterocycles. The maximum Gasteiger partial charge on any atom is 0.271 e. The average Bonchev–Trinajstić information content (AvgIpc) is 3.34. The molecule has 3 aromatic heterocycles. The fraction of sp³-hybridized carbons (Fsp3) is 0.409. The third-order valence-electron chi connectivity index (χ3n) is 4.52. The van der Waals surface area contributed by atoms with E-state index in [4.69, 9.17) is 0 Å². The highest BCUT2D eigenvalue weighted by molar-refractivity contribution is 7.11. The van der Waals surface area contributed by atoms with Crippen molar-refractivity contribution >= 4 is 28.6 Å². The number of aryl methyl sites for hydroxylation is 1. The minimum atomic E-state index is -0.140. The zero-order valence-electron chi connectivity index (χ0n) is 17.2. The Hall–Kier alpha value is -2.09. The Morgan fingerprint density at radius 1 is 1.24 bits per heavy atom. The molecule has 3 rings (SSSR count). The second kappa shape index (κ2) is 10.6. The van der Waals surface area contributed by atoms with Crippen LogP contribution in [0.25, 0.3) is 0 Å². The molecular weight excluding hydrogens is 400 g/mol. The van der Waals surface area contributed by atoms with Crippen LogP contribution in [0.1, 0.15) is 51.1 Å². The van der Waals surface area contributed by atoms with Crippen molar-refractivity contribution < 1.29 is 4.79 Å². The topological polar surface area (TPSA) is 58.1 Å². The van der Waals surface area contributed by atoms with E-state index in [-0.39, 0.29) is 5.91 Å². The molecule has 0 saturated heterocycles. The normalized spacial score (nSPS) is 11.3. The number of pyridine rings is 1. The number of carbonyl (C=O) groups excluding carboxylic acids is 1. The molecule has 0 radical (unpaired) electrons. The van der Waals surface area contributed by atoms with Gasteiger partial charge in [0.05, 0.1) is 6.54 Å². The molecule has 0 aromatic carbocycles. The van der Waals surface area contributed by atoms with Gasteiger partial charge in [-0.05, 0) is 49.6 Å². The Kier molecular flexibility index (Phi) is 7.91. The molecule has 3 aromatic rings. The quantitative estimate of drug-likeness (QED) is 0.500. The van der Waals surface area contributed by atoms with Crippen LogP contribution in [0, 0.1) is 12.8 Å². The number of carbonyl (C=O) groups is 1. The molecule has 1 amide bonds. The van der Waals surface area contributed by atoms with Crippen molar-refractivity contribution in [2.75, 3.05) is 6.54 Å². The van der Waals surface area contributed by atoms with E-state index in [0.29, 0.717) is 18.2 Å². The molecule has 0 spiro atoms. The summed E-state index contributed by atoms with van der Waals surface area (Å²) in [5.74, 6) is 0.520. The fourth-order valence-corrected chi connectivity index (χ4v) is 4.65. The van der Waals surface area contributed by atoms with Gasteiger partial charge in [0.1, 0.15) is 10.7 Å². The number of amides is 1. The van der Waals surface area contributed by atoms with E-state index >= 15 is 0 Å². The Morgan fingerprint density at radius 3 is 2.79 bits per heavy atom. The lowest BCUT2D eigenvalue weighted by Crippen LogP contribution is -2.25. The summed E-state index contributed by atoms with van der Waals surface area (Å²) in [6, 6.07) is 8.19. The van der Waals surface area contributed by atoms with Crippen molar-refractivity contribution in [2.24, 2.45) is 5.92 Å². The van der Waals surface area contributed by atoms with E-state index < -0.39 is 0 Å². The van der Waals surface area contributed by atoms with Crippen LogP contribution in [0.5, 0.6) is 0 Å². The molecule has 7 heteroatoms. The first-order chi connectivity index (χ1) is 14.0. The summed E-state index contributed by atoms with van der Waals surface area (Å²) >= 11 is 3.40. The number of hydrogen-bond acceptors (Lipinski definition) is 6. The maximum atomic E-state index is 12.4. The smallest absolute Gasteiger partial charge is 0.271 e. The minimum Gasteiger partial charge on any atom is -0.347 e. The summed E-state index contributed by atoms with van der Waals surface area (Å²) in [6.45, 7) is 9.82. The highest BCUT2D eigenvalue weighted by atomic mass is 32.1. The first kappa shape index (κ1) is 21.6. The molecule has 0 atom stereocenters. The molecule has 0 bridgehead atoms. The van der Waals surface area contributed by atoms with E-state index in [2.05, 4.69) is 53.1 Å². The van der Waals surface area contributed by atoms with Gasteiger partial charge in [0, 0.05) is 40.6 Å². The minimum absolute atomic E-state index is 0.140. The predicted molar refractivity (Wildman–Crippen MR) is 120 cm³/mol. The molecule has 0 aliphatic rings. The summed E-state index contributed by atoms with van der Waals surface area (Å²) in [7, 11) is 0. The van der Waals surface area contributed by atoms with Gasteiger partial charge in [0.2, 0.25) is 0 Å². The number of nitrogens with zero attached hydrogens (tertiary/aromatic N) is 3. The van der Waals surface area contributed by atoms with E-state index in [9.17, 15) is 4.79 Å². The monoisotopic (exact) mass is 428 g/mol. The molecule has 5 nitrogen and oxygen atoms in total. The van der Waals surface area contributed by atoms with Crippen molar-refractivity contribution in [2.45, 2.75) is 46.8 Å². The van der Waals surface area contributed by atoms with Crippen LogP contribution in [-0.2, 0) is 19.6 Å². The van der Waals surface area contributed by atoms with Crippen LogP contribution in [0.3, 0.4) is 0 Å². The number of aromatic nitrogens is 2. The standard InChI is InChI=1S/C22H28N4OS2/c1-16(2)8-10-26(13-19-7-6-17(3)29-19)14-21-25-20(15-28-21)22(27)24-12-18-5-4-9-23-11-18/h4-7,9,11,15-16H,8,10,12-14H2,1-3H3,(H,24,27). The molecule has 0 saturated carbocycles. The number of thiazole rings is 1. The van der Waals surface area contributed by atoms with Gasteiger partial charge in [-0.3, -0.25) is 14.7 Å². The molecule has 0 aliphatic carbocycles. The molecule has 1 N–H and O–H groups in total. The zero-order valence-corrected chi connectivity index (χ0v) is 18.9. The van der Waals surface area contributed by atoms with Crippen molar-refractivity contribution in [1.29, 1.82) is 0 Å². The zero-order chi connectivity index (χ0) is 20.6. The van der Waals surface area contributed by atoms with Gasteiger partial charge in [0.25, 0.3) is 5.91 Å². The van der Waals surface area contributed by atoms with Gasteiger partial charge in [-0.1, -0.05) is 19.9 Å². The van der Waals surface area contributed by atoms with Crippen LogP contribution in [0.15, 0.2) is 42.0 Å². The Balaban J connectivity index is 1.59.